The second-order valence-corrected chi connectivity index (χ2v) is 5.32. The van der Waals surface area contributed by atoms with Gasteiger partial charge in [0.2, 0.25) is 5.92 Å². The third-order valence-electron chi connectivity index (χ3n) is 1.96. The Morgan fingerprint density at radius 1 is 1.00 bits per heavy atom. The lowest BCUT2D eigenvalue weighted by molar-refractivity contribution is -0.0135. The minimum absolute atomic E-state index is 0.0189. The Morgan fingerprint density at radius 3 is 1.73 bits per heavy atom. The maximum Gasteiger partial charge on any atom is 0.248 e. The van der Waals surface area contributed by atoms with Crippen LogP contribution in [0.4, 0.5) is 8.78 Å². The van der Waals surface area contributed by atoms with Gasteiger partial charge in [0.05, 0.1) is 0 Å². The van der Waals surface area contributed by atoms with E-state index in [1.807, 2.05) is 0 Å². The van der Waals surface area contributed by atoms with E-state index >= 15 is 0 Å². The Morgan fingerprint density at radius 2 is 1.36 bits per heavy atom. The second-order valence-electron chi connectivity index (χ2n) is 2.97. The van der Waals surface area contributed by atoms with Gasteiger partial charge in [-0.1, -0.05) is 31.9 Å². The monoisotopic (exact) mass is 290 g/mol. The van der Waals surface area contributed by atoms with Crippen molar-refractivity contribution in [1.82, 2.24) is 0 Å². The zero-order chi connectivity index (χ0) is 8.48. The number of alkyl halides is 4. The Kier molecular flexibility index (Phi) is 3.32. The highest BCUT2D eigenvalue weighted by atomic mass is 79.9. The van der Waals surface area contributed by atoms with Crippen molar-refractivity contribution in [2.24, 2.45) is 0 Å². The fourth-order valence-corrected chi connectivity index (χ4v) is 2.17. The van der Waals surface area contributed by atoms with Crippen molar-refractivity contribution in [2.75, 3.05) is 0 Å². The van der Waals surface area contributed by atoms with Crippen molar-refractivity contribution < 1.29 is 8.78 Å². The van der Waals surface area contributed by atoms with E-state index in [4.69, 9.17) is 0 Å². The van der Waals surface area contributed by atoms with E-state index in [9.17, 15) is 8.78 Å². The molecule has 1 rings (SSSR count). The van der Waals surface area contributed by atoms with Crippen molar-refractivity contribution in [1.29, 1.82) is 0 Å². The van der Waals surface area contributed by atoms with Crippen LogP contribution < -0.4 is 0 Å². The van der Waals surface area contributed by atoms with E-state index < -0.39 is 5.92 Å². The highest BCUT2D eigenvalue weighted by molar-refractivity contribution is 9.12. The van der Waals surface area contributed by atoms with Crippen molar-refractivity contribution in [2.45, 2.75) is 41.3 Å². The first-order valence-corrected chi connectivity index (χ1v) is 5.50. The molecule has 0 unspecified atom stereocenters. The van der Waals surface area contributed by atoms with Crippen LogP contribution in [0.15, 0.2) is 0 Å². The first-order valence-electron chi connectivity index (χ1n) is 3.67. The van der Waals surface area contributed by atoms with E-state index in [1.165, 1.54) is 0 Å². The van der Waals surface area contributed by atoms with Crippen LogP contribution in [0.5, 0.6) is 0 Å². The van der Waals surface area contributed by atoms with Crippen LogP contribution >= 0.6 is 31.9 Å². The van der Waals surface area contributed by atoms with Gasteiger partial charge in [0.15, 0.2) is 0 Å². The Hall–Kier alpha value is 0.820. The molecule has 0 bridgehead atoms. The number of rotatable bonds is 0. The van der Waals surface area contributed by atoms with Crippen LogP contribution in [0.1, 0.15) is 25.7 Å². The zero-order valence-electron chi connectivity index (χ0n) is 5.99. The first kappa shape index (κ1) is 9.90. The molecular formula is C7H10Br2F2. The van der Waals surface area contributed by atoms with Gasteiger partial charge in [-0.2, -0.15) is 0 Å². The predicted octanol–water partition coefficient (Wildman–Crippen LogP) is 3.72. The van der Waals surface area contributed by atoms with Gasteiger partial charge in [-0.15, -0.1) is 0 Å². The zero-order valence-corrected chi connectivity index (χ0v) is 9.17. The molecule has 0 heterocycles. The van der Waals surface area contributed by atoms with E-state index in [0.717, 1.165) is 0 Å². The fraction of sp³-hybridized carbons (Fsp3) is 1.00. The maximum absolute atomic E-state index is 12.8. The molecule has 2 atom stereocenters. The van der Waals surface area contributed by atoms with E-state index in [-0.39, 0.29) is 22.5 Å². The quantitative estimate of drug-likeness (QED) is 0.471. The summed E-state index contributed by atoms with van der Waals surface area (Å²) in [5.74, 6) is -2.44. The van der Waals surface area contributed by atoms with Crippen LogP contribution in [-0.2, 0) is 0 Å². The minimum atomic E-state index is -2.44. The molecule has 4 heteroatoms. The maximum atomic E-state index is 12.8. The highest BCUT2D eigenvalue weighted by Crippen LogP contribution is 2.36. The minimum Gasteiger partial charge on any atom is -0.207 e. The van der Waals surface area contributed by atoms with Gasteiger partial charge in [0.1, 0.15) is 0 Å². The summed E-state index contributed by atoms with van der Waals surface area (Å²) in [4.78, 5) is 0.409. The average molecular weight is 292 g/mol. The molecule has 1 aliphatic carbocycles. The van der Waals surface area contributed by atoms with Gasteiger partial charge in [0, 0.05) is 22.5 Å². The highest BCUT2D eigenvalue weighted by Gasteiger charge is 2.34. The summed E-state index contributed by atoms with van der Waals surface area (Å²) >= 11 is 6.75. The molecule has 0 aromatic carbocycles. The largest absolute Gasteiger partial charge is 0.248 e. The smallest absolute Gasteiger partial charge is 0.207 e. The average Bonchev–Trinajstić information content (AvgIpc) is 2.03. The van der Waals surface area contributed by atoms with Crippen LogP contribution in [0.25, 0.3) is 0 Å². The van der Waals surface area contributed by atoms with Crippen LogP contribution in [0.2, 0.25) is 0 Å². The molecule has 0 amide bonds. The van der Waals surface area contributed by atoms with Gasteiger partial charge in [-0.05, 0) is 12.8 Å². The van der Waals surface area contributed by atoms with Crippen molar-refractivity contribution in [3.63, 3.8) is 0 Å². The summed E-state index contributed by atoms with van der Waals surface area (Å²) in [6.45, 7) is 0. The fourth-order valence-electron chi connectivity index (χ4n) is 1.18. The van der Waals surface area contributed by atoms with Crippen molar-refractivity contribution in [3.8, 4) is 0 Å². The SMILES string of the molecule is FC1(F)CC[C@@H](Br)[C@H](Br)CC1. The van der Waals surface area contributed by atoms with E-state index in [2.05, 4.69) is 31.9 Å². The van der Waals surface area contributed by atoms with Gasteiger partial charge < -0.3 is 0 Å². The van der Waals surface area contributed by atoms with Gasteiger partial charge in [-0.25, -0.2) is 8.78 Å². The first-order chi connectivity index (χ1) is 5.01. The summed E-state index contributed by atoms with van der Waals surface area (Å²) in [5, 5.41) is 0. The Balaban J connectivity index is 2.51. The summed E-state index contributed by atoms with van der Waals surface area (Å²) < 4.78 is 25.5. The predicted molar refractivity (Wildman–Crippen MR) is 48.8 cm³/mol. The lowest BCUT2D eigenvalue weighted by Crippen LogP contribution is -2.13. The Labute approximate surface area is 82.0 Å². The van der Waals surface area contributed by atoms with E-state index in [0.29, 0.717) is 12.8 Å². The molecule has 0 nitrogen and oxygen atoms in total. The van der Waals surface area contributed by atoms with Gasteiger partial charge in [0.25, 0.3) is 0 Å². The lowest BCUT2D eigenvalue weighted by Gasteiger charge is -2.11. The van der Waals surface area contributed by atoms with Crippen molar-refractivity contribution in [3.05, 3.63) is 0 Å². The van der Waals surface area contributed by atoms with Crippen LogP contribution in [0, 0.1) is 0 Å². The molecule has 0 radical (unpaired) electrons. The molecule has 0 saturated heterocycles. The molecule has 1 aliphatic rings. The third-order valence-corrected chi connectivity index (χ3v) is 4.87. The standard InChI is InChI=1S/C7H10Br2F2/c8-5-1-3-7(10,11)4-2-6(5)9/h5-6H,1-4H2/t5-,6-/m1/s1. The molecule has 0 aromatic rings. The molecule has 0 aromatic heterocycles. The number of halogens is 4. The molecule has 0 aliphatic heterocycles. The third kappa shape index (κ3) is 2.98. The number of hydrogen-bond donors (Lipinski definition) is 0. The summed E-state index contributed by atoms with van der Waals surface area (Å²) in [7, 11) is 0. The van der Waals surface area contributed by atoms with Crippen LogP contribution in [0.3, 0.4) is 0 Å². The Bertz CT molecular complexity index is 124. The molecular weight excluding hydrogens is 282 g/mol. The molecule has 0 spiro atoms. The molecule has 1 fully saturated rings. The van der Waals surface area contributed by atoms with E-state index in [1.54, 1.807) is 0 Å². The summed E-state index contributed by atoms with van der Waals surface area (Å²) in [6, 6.07) is 0. The second kappa shape index (κ2) is 3.69. The lowest BCUT2D eigenvalue weighted by atomic mass is 10.1. The molecule has 11 heavy (non-hydrogen) atoms. The van der Waals surface area contributed by atoms with Gasteiger partial charge >= 0.3 is 0 Å². The molecule has 0 N–H and O–H groups in total. The summed E-state index contributed by atoms with van der Waals surface area (Å²) in [5.41, 5.74) is 0. The van der Waals surface area contributed by atoms with Crippen LogP contribution in [-0.4, -0.2) is 15.6 Å². The van der Waals surface area contributed by atoms with Gasteiger partial charge in [-0.3, -0.25) is 0 Å². The topological polar surface area (TPSA) is 0 Å². The van der Waals surface area contributed by atoms with Crippen molar-refractivity contribution >= 4 is 31.9 Å². The normalized spacial score (nSPS) is 38.2. The number of hydrogen-bond acceptors (Lipinski definition) is 0. The molecule has 1 saturated carbocycles. The summed E-state index contributed by atoms with van der Waals surface area (Å²) in [6.07, 6.45) is 1.15. The molecule has 66 valence electrons.